The Morgan fingerprint density at radius 2 is 1.50 bits per heavy atom. The number of nitrogens with zero attached hydrogens (tertiary/aromatic N) is 1. The van der Waals surface area contributed by atoms with Gasteiger partial charge in [-0.15, -0.1) is 0 Å². The largest absolute Gasteiger partial charge is 0.397 e. The van der Waals surface area contributed by atoms with E-state index in [1.165, 1.54) is 19.3 Å². The highest BCUT2D eigenvalue weighted by Gasteiger charge is 2.44. The molecule has 7 rings (SSSR count). The first-order valence-electron chi connectivity index (χ1n) is 22.6. The van der Waals surface area contributed by atoms with Gasteiger partial charge in [0, 0.05) is 49.5 Å². The first-order valence-corrected chi connectivity index (χ1v) is 22.6. The van der Waals surface area contributed by atoms with Crippen molar-refractivity contribution in [3.8, 4) is 11.1 Å². The summed E-state index contributed by atoms with van der Waals surface area (Å²) in [6, 6.07) is 31.7. The molecule has 4 aromatic carbocycles. The van der Waals surface area contributed by atoms with Gasteiger partial charge in [-0.25, -0.2) is 0 Å². The van der Waals surface area contributed by atoms with Gasteiger partial charge in [-0.2, -0.15) is 0 Å². The Labute approximate surface area is 367 Å². The fraction of sp³-hybridized carbons (Fsp3) is 0.471. The van der Waals surface area contributed by atoms with Crippen molar-refractivity contribution < 1.29 is 29.0 Å². The highest BCUT2D eigenvalue weighted by Crippen LogP contribution is 2.42. The maximum atomic E-state index is 13.9. The Balaban J connectivity index is 1.02. The lowest BCUT2D eigenvalue weighted by molar-refractivity contribution is -0.255. The zero-order chi connectivity index (χ0) is 43.6. The number of fused-ring (bicyclic) bond motifs is 1. The number of anilines is 2. The molecule has 62 heavy (non-hydrogen) atoms. The molecule has 1 saturated carbocycles. The van der Waals surface area contributed by atoms with Crippen molar-refractivity contribution in [2.24, 2.45) is 5.92 Å². The molecule has 3 fully saturated rings. The minimum atomic E-state index is -0.643. The molecule has 4 aromatic rings. The number of aliphatic hydroxyl groups excluding tert-OH is 1. The van der Waals surface area contributed by atoms with Gasteiger partial charge in [0.1, 0.15) is 0 Å². The number of nitrogens with one attached hydrogen (secondary N) is 3. The molecule has 6 N–H and O–H groups in total. The Morgan fingerprint density at radius 1 is 0.774 bits per heavy atom. The van der Waals surface area contributed by atoms with Gasteiger partial charge in [-0.05, 0) is 117 Å². The maximum absolute atomic E-state index is 13.9. The monoisotopic (exact) mass is 843 g/mol. The molecule has 2 heterocycles. The number of hydrogen-bond acceptors (Lipinski definition) is 8. The topological polar surface area (TPSA) is 155 Å². The zero-order valence-corrected chi connectivity index (χ0v) is 36.6. The van der Waals surface area contributed by atoms with E-state index in [4.69, 9.17) is 15.2 Å². The maximum Gasteiger partial charge on any atom is 0.237 e. The van der Waals surface area contributed by atoms with Crippen molar-refractivity contribution in [2.45, 2.75) is 141 Å². The summed E-state index contributed by atoms with van der Waals surface area (Å²) in [5.74, 6) is 0.510. The first kappa shape index (κ1) is 45.0. The summed E-state index contributed by atoms with van der Waals surface area (Å²) in [6.45, 7) is 7.14. The van der Waals surface area contributed by atoms with Crippen molar-refractivity contribution in [1.82, 2.24) is 15.5 Å². The number of ether oxygens (including phenoxy) is 2. The third kappa shape index (κ3) is 12.1. The molecule has 2 aliphatic heterocycles. The fourth-order valence-electron chi connectivity index (χ4n) is 9.41. The molecule has 3 aliphatic rings. The number of likely N-dealkylation sites (tertiary alicyclic amines) is 1. The smallest absolute Gasteiger partial charge is 0.237 e. The summed E-state index contributed by atoms with van der Waals surface area (Å²) in [4.78, 5) is 41.5. The van der Waals surface area contributed by atoms with Crippen molar-refractivity contribution in [2.75, 3.05) is 17.6 Å². The molecule has 330 valence electrons. The minimum absolute atomic E-state index is 0.0238. The summed E-state index contributed by atoms with van der Waals surface area (Å²) < 4.78 is 13.7. The van der Waals surface area contributed by atoms with E-state index in [0.29, 0.717) is 68.5 Å². The lowest BCUT2D eigenvalue weighted by Gasteiger charge is -2.50. The van der Waals surface area contributed by atoms with Gasteiger partial charge < -0.3 is 36.3 Å². The Morgan fingerprint density at radius 3 is 2.26 bits per heavy atom. The molecule has 3 amide bonds. The van der Waals surface area contributed by atoms with E-state index >= 15 is 0 Å². The van der Waals surface area contributed by atoms with Crippen LogP contribution in [0.15, 0.2) is 97.1 Å². The quantitative estimate of drug-likeness (QED) is 0.0588. The van der Waals surface area contributed by atoms with E-state index in [0.717, 1.165) is 52.6 Å². The first-order chi connectivity index (χ1) is 29.9. The summed E-state index contributed by atoms with van der Waals surface area (Å²) in [5.41, 5.74) is 12.5. The van der Waals surface area contributed by atoms with Crippen LogP contribution in [-0.2, 0) is 37.0 Å². The van der Waals surface area contributed by atoms with Gasteiger partial charge in [0.05, 0.1) is 36.2 Å². The van der Waals surface area contributed by atoms with Crippen molar-refractivity contribution in [3.63, 3.8) is 0 Å². The Kier molecular flexibility index (Phi) is 15.1. The van der Waals surface area contributed by atoms with Crippen LogP contribution in [0, 0.1) is 5.92 Å². The number of rotatable bonds is 15. The second-order valence-electron chi connectivity index (χ2n) is 18.4. The average Bonchev–Trinajstić information content (AvgIpc) is 3.27. The van der Waals surface area contributed by atoms with Gasteiger partial charge in [0.2, 0.25) is 17.7 Å². The molecule has 6 atom stereocenters. The summed E-state index contributed by atoms with van der Waals surface area (Å²) in [5, 5.41) is 18.9. The third-order valence-electron chi connectivity index (χ3n) is 12.5. The number of aliphatic hydroxyl groups is 1. The van der Waals surface area contributed by atoms with Crippen LogP contribution in [0.5, 0.6) is 0 Å². The number of unbranched alkanes of at least 4 members (excludes halogenated alkanes) is 1. The van der Waals surface area contributed by atoms with Crippen LogP contribution in [0.3, 0.4) is 0 Å². The molecule has 11 nitrogen and oxygen atoms in total. The number of para-hydroxylation sites is 2. The zero-order valence-electron chi connectivity index (χ0n) is 36.6. The number of hydrogen-bond donors (Lipinski definition) is 5. The normalized spacial score (nSPS) is 22.9. The number of benzene rings is 4. The van der Waals surface area contributed by atoms with E-state index in [2.05, 4.69) is 45.1 Å². The van der Waals surface area contributed by atoms with Crippen LogP contribution in [0.2, 0.25) is 0 Å². The number of amides is 3. The number of nitrogen functional groups attached to an aromatic ring is 1. The predicted octanol–water partition coefficient (Wildman–Crippen LogP) is 8.73. The van der Waals surface area contributed by atoms with Crippen LogP contribution in [0.1, 0.15) is 126 Å². The molecule has 0 bridgehead atoms. The number of piperidine rings is 1. The van der Waals surface area contributed by atoms with Gasteiger partial charge in [-0.3, -0.25) is 19.3 Å². The fourth-order valence-corrected chi connectivity index (χ4v) is 9.41. The lowest BCUT2D eigenvalue weighted by Crippen LogP contribution is -2.61. The van der Waals surface area contributed by atoms with Crippen molar-refractivity contribution in [3.05, 3.63) is 119 Å². The Bertz CT molecular complexity index is 2140. The van der Waals surface area contributed by atoms with Crippen LogP contribution in [0.4, 0.5) is 11.4 Å². The van der Waals surface area contributed by atoms with Crippen LogP contribution in [0.25, 0.3) is 11.1 Å². The van der Waals surface area contributed by atoms with Crippen molar-refractivity contribution in [1.29, 1.82) is 0 Å². The highest BCUT2D eigenvalue weighted by atomic mass is 16.7. The summed E-state index contributed by atoms with van der Waals surface area (Å²) >= 11 is 0. The lowest BCUT2D eigenvalue weighted by atomic mass is 9.75. The van der Waals surface area contributed by atoms with Gasteiger partial charge in [0.15, 0.2) is 6.29 Å². The predicted molar refractivity (Wildman–Crippen MR) is 243 cm³/mol. The van der Waals surface area contributed by atoms with Gasteiger partial charge in [0.25, 0.3) is 0 Å². The molecular weight excluding hydrogens is 779 g/mol. The molecule has 6 unspecified atom stereocenters. The van der Waals surface area contributed by atoms with E-state index in [1.54, 1.807) is 12.1 Å². The van der Waals surface area contributed by atoms with E-state index in [1.807, 2.05) is 81.4 Å². The van der Waals surface area contributed by atoms with Crippen LogP contribution in [-0.4, -0.2) is 58.0 Å². The molecule has 0 spiro atoms. The second-order valence-corrected chi connectivity index (χ2v) is 18.4. The minimum Gasteiger partial charge on any atom is -0.397 e. The molecule has 11 heteroatoms. The highest BCUT2D eigenvalue weighted by molar-refractivity contribution is 5.93. The number of nitrogens with two attached hydrogens (primary N) is 1. The molecule has 0 radical (unpaired) electrons. The standard InChI is InChI=1S/C51H65N5O6/c1-51(2,3)55-49(60)45-27-26-36-13-4-7-19-44(36)56(45)32-41-30-46(37-24-22-34(33-57)23-25-37)62-50(61-41)40-16-11-15-39(29-40)38-14-10-12-35(28-38)31-53-47(58)20-8-9-21-48(59)54-43-18-6-5-17-42(43)52/h5-6,10-12,14-18,22-25,28-29,36,41,44-46,50,57H,4,7-9,13,19-21,26-27,30-33,52H2,1-3H3,(H,53,58)(H,54,59)(H,55,60). The number of carbonyl (C=O) groups excluding carboxylic acids is 3. The summed E-state index contributed by atoms with van der Waals surface area (Å²) in [7, 11) is 0. The summed E-state index contributed by atoms with van der Waals surface area (Å²) in [6.07, 6.45) is 8.06. The molecule has 2 saturated heterocycles. The van der Waals surface area contributed by atoms with Crippen LogP contribution < -0.4 is 21.7 Å². The second kappa shape index (κ2) is 20.9. The number of carbonyl (C=O) groups is 3. The van der Waals surface area contributed by atoms with Crippen molar-refractivity contribution >= 4 is 29.1 Å². The van der Waals surface area contributed by atoms with Gasteiger partial charge >= 0.3 is 0 Å². The average molecular weight is 844 g/mol. The molecule has 0 aromatic heterocycles. The van der Waals surface area contributed by atoms with E-state index < -0.39 is 6.29 Å². The molecular formula is C51H65N5O6. The van der Waals surface area contributed by atoms with Crippen LogP contribution >= 0.6 is 0 Å². The van der Waals surface area contributed by atoms with Gasteiger partial charge in [-0.1, -0.05) is 85.6 Å². The SMILES string of the molecule is CC(C)(C)NC(=O)C1CCC2CCCCC2N1CC1CC(c2ccc(CO)cc2)OC(c2cccc(-c3cccc(CNC(=O)CCCCC(=O)Nc4ccccc4N)c3)c2)O1. The Hall–Kier alpha value is -5.07. The molecule has 1 aliphatic carbocycles. The third-order valence-corrected chi connectivity index (χ3v) is 12.5. The van der Waals surface area contributed by atoms with E-state index in [9.17, 15) is 19.5 Å². The van der Waals surface area contributed by atoms with E-state index in [-0.39, 0.29) is 48.1 Å².